The second-order valence-corrected chi connectivity index (χ2v) is 6.09. The van der Waals surface area contributed by atoms with Crippen molar-refractivity contribution in [3.63, 3.8) is 0 Å². The van der Waals surface area contributed by atoms with Crippen LogP contribution in [0.2, 0.25) is 0 Å². The van der Waals surface area contributed by atoms with Crippen molar-refractivity contribution in [3.8, 4) is 0 Å². The molecule has 0 aliphatic carbocycles. The van der Waals surface area contributed by atoms with Crippen LogP contribution in [0.1, 0.15) is 26.8 Å². The number of carbonyl (C=O) groups excluding carboxylic acids is 1. The van der Waals surface area contributed by atoms with Gasteiger partial charge in [-0.1, -0.05) is 0 Å². The Hall–Kier alpha value is -1.73. The predicted octanol–water partition coefficient (Wildman–Crippen LogP) is 1.13. The third kappa shape index (κ3) is 2.46. The van der Waals surface area contributed by atoms with Gasteiger partial charge in [0.15, 0.2) is 5.69 Å². The van der Waals surface area contributed by atoms with Gasteiger partial charge in [-0.05, 0) is 0 Å². The number of H-pyrrole nitrogens is 1. The van der Waals surface area contributed by atoms with Gasteiger partial charge in [-0.25, -0.2) is 4.98 Å². The number of carbonyl (C=O) groups is 1. The van der Waals surface area contributed by atoms with Gasteiger partial charge in [0.2, 0.25) is 0 Å². The Morgan fingerprint density at radius 1 is 1.55 bits per heavy atom. The summed E-state index contributed by atoms with van der Waals surface area (Å²) in [6.45, 7) is 2.54. The fraction of sp³-hybridized carbons (Fsp3) is 0.462. The lowest BCUT2D eigenvalue weighted by molar-refractivity contribution is 0.0819. The number of aromatic nitrogens is 3. The summed E-state index contributed by atoms with van der Waals surface area (Å²) in [5, 5.41) is 10.3. The molecule has 0 saturated carbocycles. The van der Waals surface area contributed by atoms with Gasteiger partial charge in [0.05, 0.1) is 6.54 Å². The first-order chi connectivity index (χ1) is 9.65. The Kier molecular flexibility index (Phi) is 3.54. The molecule has 0 radical (unpaired) electrons. The Labute approximate surface area is 121 Å². The van der Waals surface area contributed by atoms with E-state index in [4.69, 9.17) is 0 Å². The largest absolute Gasteiger partial charge is 0.343 e. The molecule has 1 amide bonds. The topological polar surface area (TPSA) is 65.1 Å². The Balaban J connectivity index is 1.79. The molecule has 2 aromatic heterocycles. The maximum atomic E-state index is 12.1. The number of aromatic amines is 1. The second-order valence-electron chi connectivity index (χ2n) is 5.12. The second kappa shape index (κ2) is 5.34. The van der Waals surface area contributed by atoms with Gasteiger partial charge < -0.3 is 4.90 Å². The molecule has 106 valence electrons. The first-order valence-electron chi connectivity index (χ1n) is 6.53. The van der Waals surface area contributed by atoms with Gasteiger partial charge in [-0.3, -0.25) is 14.8 Å². The van der Waals surface area contributed by atoms with Crippen molar-refractivity contribution in [1.82, 2.24) is 25.0 Å². The van der Waals surface area contributed by atoms with E-state index in [0.717, 1.165) is 42.3 Å². The molecule has 0 aromatic carbocycles. The summed E-state index contributed by atoms with van der Waals surface area (Å²) in [6.07, 6.45) is 2.72. The van der Waals surface area contributed by atoms with Crippen LogP contribution in [-0.2, 0) is 19.5 Å². The summed E-state index contributed by atoms with van der Waals surface area (Å²) in [4.78, 5) is 20.3. The molecule has 1 aliphatic heterocycles. The summed E-state index contributed by atoms with van der Waals surface area (Å²) in [5.74, 6) is -0.0430. The molecular weight excluding hydrogens is 274 g/mol. The number of amides is 1. The van der Waals surface area contributed by atoms with Crippen molar-refractivity contribution < 1.29 is 4.79 Å². The fourth-order valence-corrected chi connectivity index (χ4v) is 3.05. The molecule has 20 heavy (non-hydrogen) atoms. The Morgan fingerprint density at radius 3 is 3.10 bits per heavy atom. The van der Waals surface area contributed by atoms with E-state index in [9.17, 15) is 4.79 Å². The summed E-state index contributed by atoms with van der Waals surface area (Å²) in [7, 11) is 3.50. The van der Waals surface area contributed by atoms with Crippen molar-refractivity contribution >= 4 is 17.2 Å². The summed E-state index contributed by atoms with van der Waals surface area (Å²) < 4.78 is 0. The molecule has 0 fully saturated rings. The van der Waals surface area contributed by atoms with Crippen molar-refractivity contribution in [3.05, 3.63) is 33.5 Å². The highest BCUT2D eigenvalue weighted by Gasteiger charge is 2.26. The zero-order valence-corrected chi connectivity index (χ0v) is 12.4. The third-order valence-electron chi connectivity index (χ3n) is 3.46. The van der Waals surface area contributed by atoms with E-state index >= 15 is 0 Å². The van der Waals surface area contributed by atoms with E-state index < -0.39 is 0 Å². The zero-order valence-electron chi connectivity index (χ0n) is 11.6. The van der Waals surface area contributed by atoms with Crippen LogP contribution in [0.4, 0.5) is 0 Å². The number of nitrogens with zero attached hydrogens (tertiary/aromatic N) is 4. The summed E-state index contributed by atoms with van der Waals surface area (Å²) in [5.41, 5.74) is 2.67. The Morgan fingerprint density at radius 2 is 2.40 bits per heavy atom. The van der Waals surface area contributed by atoms with Crippen LogP contribution in [0.25, 0.3) is 0 Å². The highest BCUT2D eigenvalue weighted by Crippen LogP contribution is 2.22. The summed E-state index contributed by atoms with van der Waals surface area (Å²) >= 11 is 1.66. The fourth-order valence-electron chi connectivity index (χ4n) is 2.40. The molecular formula is C13H17N5OS. The number of fused-ring (bicyclic) bond motifs is 1. The van der Waals surface area contributed by atoms with Crippen molar-refractivity contribution in [2.45, 2.75) is 19.5 Å². The molecule has 0 spiro atoms. The van der Waals surface area contributed by atoms with Crippen LogP contribution >= 0.6 is 11.3 Å². The van der Waals surface area contributed by atoms with E-state index in [-0.39, 0.29) is 5.91 Å². The number of hydrogen-bond donors (Lipinski definition) is 1. The van der Waals surface area contributed by atoms with Crippen LogP contribution in [0.15, 0.2) is 11.6 Å². The molecule has 3 heterocycles. The third-order valence-corrected chi connectivity index (χ3v) is 4.23. The number of thiazole rings is 1. The number of rotatable bonds is 3. The molecule has 2 aromatic rings. The molecule has 7 heteroatoms. The SMILES string of the molecule is CN(C)C(=O)c1n[nH]c2c1CN(Cc1nccs1)CC2. The predicted molar refractivity (Wildman–Crippen MR) is 76.5 cm³/mol. The molecule has 6 nitrogen and oxygen atoms in total. The average molecular weight is 291 g/mol. The normalized spacial score (nSPS) is 15.1. The molecule has 0 unspecified atom stereocenters. The molecule has 0 bridgehead atoms. The van der Waals surface area contributed by atoms with Crippen LogP contribution in [0.3, 0.4) is 0 Å². The quantitative estimate of drug-likeness (QED) is 0.920. The molecule has 1 aliphatic rings. The van der Waals surface area contributed by atoms with Crippen molar-refractivity contribution in [2.75, 3.05) is 20.6 Å². The minimum atomic E-state index is -0.0430. The maximum absolute atomic E-state index is 12.1. The highest BCUT2D eigenvalue weighted by molar-refractivity contribution is 7.09. The van der Waals surface area contributed by atoms with Crippen LogP contribution in [-0.4, -0.2) is 51.5 Å². The first-order valence-corrected chi connectivity index (χ1v) is 7.41. The van der Waals surface area contributed by atoms with Crippen molar-refractivity contribution in [1.29, 1.82) is 0 Å². The lowest BCUT2D eigenvalue weighted by Gasteiger charge is -2.26. The number of hydrogen-bond acceptors (Lipinski definition) is 5. The zero-order chi connectivity index (χ0) is 14.1. The van der Waals surface area contributed by atoms with Crippen molar-refractivity contribution in [2.24, 2.45) is 0 Å². The molecule has 0 atom stereocenters. The number of nitrogens with one attached hydrogen (secondary N) is 1. The lowest BCUT2D eigenvalue weighted by atomic mass is 10.0. The summed E-state index contributed by atoms with van der Waals surface area (Å²) in [6, 6.07) is 0. The van der Waals surface area contributed by atoms with Gasteiger partial charge in [0.1, 0.15) is 5.01 Å². The molecule has 3 rings (SSSR count). The average Bonchev–Trinajstić information content (AvgIpc) is 3.06. The minimum absolute atomic E-state index is 0.0430. The Bertz CT molecular complexity index is 604. The lowest BCUT2D eigenvalue weighted by Crippen LogP contribution is -2.31. The van der Waals surface area contributed by atoms with Gasteiger partial charge in [0, 0.05) is 56.4 Å². The van der Waals surface area contributed by atoms with E-state index in [0.29, 0.717) is 5.69 Å². The monoisotopic (exact) mass is 291 g/mol. The standard InChI is InChI=1S/C13H17N5OS/c1-17(2)13(19)12-9-7-18(5-3-10(9)15-16-12)8-11-14-4-6-20-11/h4,6H,3,5,7-8H2,1-2H3,(H,15,16). The van der Waals surface area contributed by atoms with Crippen LogP contribution < -0.4 is 0 Å². The highest BCUT2D eigenvalue weighted by atomic mass is 32.1. The van der Waals surface area contributed by atoms with Crippen LogP contribution in [0.5, 0.6) is 0 Å². The van der Waals surface area contributed by atoms with E-state index in [1.165, 1.54) is 0 Å². The molecule has 0 saturated heterocycles. The van der Waals surface area contributed by atoms with Gasteiger partial charge in [-0.15, -0.1) is 11.3 Å². The van der Waals surface area contributed by atoms with Crippen LogP contribution in [0, 0.1) is 0 Å². The maximum Gasteiger partial charge on any atom is 0.274 e. The minimum Gasteiger partial charge on any atom is -0.343 e. The first kappa shape index (κ1) is 13.3. The smallest absolute Gasteiger partial charge is 0.274 e. The molecule has 1 N–H and O–H groups in total. The van der Waals surface area contributed by atoms with Gasteiger partial charge >= 0.3 is 0 Å². The van der Waals surface area contributed by atoms with Gasteiger partial charge in [0.25, 0.3) is 5.91 Å². The van der Waals surface area contributed by atoms with E-state index in [1.54, 1.807) is 30.3 Å². The van der Waals surface area contributed by atoms with E-state index in [2.05, 4.69) is 20.1 Å². The van der Waals surface area contributed by atoms with Gasteiger partial charge in [-0.2, -0.15) is 5.10 Å². The van der Waals surface area contributed by atoms with E-state index in [1.807, 2.05) is 11.6 Å².